The van der Waals surface area contributed by atoms with E-state index in [2.05, 4.69) is 46.7 Å². The van der Waals surface area contributed by atoms with Crippen molar-refractivity contribution in [3.63, 3.8) is 0 Å². The lowest BCUT2D eigenvalue weighted by Gasteiger charge is -2.34. The number of hydrogen-bond acceptors (Lipinski definition) is 5. The highest BCUT2D eigenvalue weighted by Gasteiger charge is 2.41. The second-order valence-corrected chi connectivity index (χ2v) is 8.63. The summed E-state index contributed by atoms with van der Waals surface area (Å²) in [6.07, 6.45) is 1.90. The van der Waals surface area contributed by atoms with Crippen LogP contribution in [0.5, 0.6) is 0 Å². The van der Waals surface area contributed by atoms with Gasteiger partial charge in [-0.15, -0.1) is 15.0 Å². The van der Waals surface area contributed by atoms with Gasteiger partial charge in [-0.3, -0.25) is 4.79 Å². The number of aliphatic hydroxyl groups is 1. The van der Waals surface area contributed by atoms with Crippen LogP contribution in [0, 0.1) is 0 Å². The summed E-state index contributed by atoms with van der Waals surface area (Å²) in [6.45, 7) is 1.76. The average molecular weight is 487 g/mol. The summed E-state index contributed by atoms with van der Waals surface area (Å²) < 4.78 is 0. The van der Waals surface area contributed by atoms with E-state index in [9.17, 15) is 9.90 Å². The largest absolute Gasteiger partial charge is 0.381 e. The molecule has 6 heteroatoms. The molecule has 0 saturated carbocycles. The van der Waals surface area contributed by atoms with Gasteiger partial charge in [0.15, 0.2) is 11.3 Å². The van der Waals surface area contributed by atoms with Crippen molar-refractivity contribution in [1.82, 2.24) is 20.2 Å². The molecule has 37 heavy (non-hydrogen) atoms. The Kier molecular flexibility index (Phi) is 6.83. The van der Waals surface area contributed by atoms with Crippen molar-refractivity contribution in [2.24, 2.45) is 0 Å². The van der Waals surface area contributed by atoms with Crippen LogP contribution >= 0.6 is 0 Å². The summed E-state index contributed by atoms with van der Waals surface area (Å²) >= 11 is 0. The van der Waals surface area contributed by atoms with Crippen LogP contribution in [0.4, 0.5) is 0 Å². The normalized spacial score (nSPS) is 12.5. The summed E-state index contributed by atoms with van der Waals surface area (Å²) in [5, 5.41) is 24.0. The van der Waals surface area contributed by atoms with Crippen LogP contribution in [0.1, 0.15) is 34.0 Å². The maximum atomic E-state index is 12.7. The third-order valence-electron chi connectivity index (χ3n) is 6.34. The molecule has 0 bridgehead atoms. The van der Waals surface area contributed by atoms with Gasteiger partial charge in [0.2, 0.25) is 5.82 Å². The van der Waals surface area contributed by atoms with Crippen molar-refractivity contribution < 1.29 is 9.90 Å². The lowest BCUT2D eigenvalue weighted by molar-refractivity contribution is 0.0820. The number of aromatic nitrogens is 4. The minimum Gasteiger partial charge on any atom is -0.381 e. The van der Waals surface area contributed by atoms with Gasteiger partial charge in [0.25, 0.3) is 0 Å². The Morgan fingerprint density at radius 2 is 1.35 bits per heavy atom. The molecule has 0 spiro atoms. The monoisotopic (exact) mass is 486 g/mol. The Morgan fingerprint density at radius 3 is 1.86 bits per heavy atom. The zero-order valence-electron chi connectivity index (χ0n) is 20.3. The molecular weight excluding hydrogens is 460 g/mol. The maximum Gasteiger partial charge on any atom is 0.205 e. The van der Waals surface area contributed by atoms with Crippen molar-refractivity contribution >= 4 is 5.78 Å². The minimum atomic E-state index is -1.20. The van der Waals surface area contributed by atoms with E-state index in [4.69, 9.17) is 5.10 Å². The standard InChI is InChI=1S/C31H26N4O2/c1-2-13-28(36)29(37)23-14-12-15-24(22-23)30-32-34-35(33-30)31(25-16-6-3-7-17-25,26-18-8-4-9-19-26)27-20-10-5-11-21-27/h2-22,28,36H,1H3. The van der Waals surface area contributed by atoms with Gasteiger partial charge in [-0.25, -0.2) is 0 Å². The fourth-order valence-electron chi connectivity index (χ4n) is 4.61. The second kappa shape index (κ2) is 10.5. The zero-order valence-corrected chi connectivity index (χ0v) is 20.3. The third-order valence-corrected chi connectivity index (χ3v) is 6.34. The molecule has 0 aliphatic rings. The van der Waals surface area contributed by atoms with Crippen LogP contribution in [-0.4, -0.2) is 37.2 Å². The number of allylic oxidation sites excluding steroid dienone is 1. The summed E-state index contributed by atoms with van der Waals surface area (Å²) in [6, 6.07) is 37.2. The van der Waals surface area contributed by atoms with E-state index in [1.54, 1.807) is 36.0 Å². The van der Waals surface area contributed by atoms with E-state index >= 15 is 0 Å². The highest BCUT2D eigenvalue weighted by molar-refractivity contribution is 6.01. The third kappa shape index (κ3) is 4.50. The number of Topliss-reactive ketones (excluding diaryl/α,β-unsaturated/α-hetero) is 1. The predicted molar refractivity (Wildman–Crippen MR) is 143 cm³/mol. The Bertz CT molecular complexity index is 1420. The number of tetrazole rings is 1. The van der Waals surface area contributed by atoms with E-state index in [-0.39, 0.29) is 5.78 Å². The quantitative estimate of drug-likeness (QED) is 0.183. The van der Waals surface area contributed by atoms with Crippen LogP contribution in [-0.2, 0) is 5.54 Å². The van der Waals surface area contributed by atoms with E-state index in [1.807, 2.05) is 60.7 Å². The predicted octanol–water partition coefficient (Wildman–Crippen LogP) is 5.30. The number of rotatable bonds is 8. The van der Waals surface area contributed by atoms with Crippen LogP contribution < -0.4 is 0 Å². The van der Waals surface area contributed by atoms with Gasteiger partial charge in [-0.2, -0.15) is 0 Å². The van der Waals surface area contributed by atoms with Gasteiger partial charge >= 0.3 is 0 Å². The smallest absolute Gasteiger partial charge is 0.205 e. The fourth-order valence-corrected chi connectivity index (χ4v) is 4.61. The SMILES string of the molecule is CC=CC(O)C(=O)c1cccc(-c2nnn(C(c3ccccc3)(c3ccccc3)c3ccccc3)n2)c1. The first-order chi connectivity index (χ1) is 18.1. The van der Waals surface area contributed by atoms with Gasteiger partial charge in [0.1, 0.15) is 6.10 Å². The molecular formula is C31H26N4O2. The minimum absolute atomic E-state index is 0.375. The molecule has 0 fully saturated rings. The van der Waals surface area contributed by atoms with Crippen LogP contribution in [0.15, 0.2) is 127 Å². The molecule has 1 heterocycles. The summed E-state index contributed by atoms with van der Waals surface area (Å²) in [4.78, 5) is 14.3. The molecule has 1 unspecified atom stereocenters. The van der Waals surface area contributed by atoms with Crippen molar-refractivity contribution in [3.05, 3.63) is 150 Å². The zero-order chi connectivity index (χ0) is 25.7. The molecule has 1 N–H and O–H groups in total. The molecule has 4 aromatic carbocycles. The molecule has 0 aliphatic heterocycles. The van der Waals surface area contributed by atoms with E-state index < -0.39 is 11.6 Å². The van der Waals surface area contributed by atoms with Crippen molar-refractivity contribution in [1.29, 1.82) is 0 Å². The molecule has 182 valence electrons. The molecule has 5 rings (SSSR count). The fraction of sp³-hybridized carbons (Fsp3) is 0.0968. The molecule has 0 saturated heterocycles. The lowest BCUT2D eigenvalue weighted by Crippen LogP contribution is -2.39. The number of benzene rings is 4. The Hall–Kier alpha value is -4.68. The number of carbonyl (C=O) groups excluding carboxylic acids is 1. The van der Waals surface area contributed by atoms with Gasteiger partial charge in [0.05, 0.1) is 0 Å². The van der Waals surface area contributed by atoms with Crippen LogP contribution in [0.2, 0.25) is 0 Å². The Morgan fingerprint density at radius 1 is 0.811 bits per heavy atom. The van der Waals surface area contributed by atoms with Crippen LogP contribution in [0.3, 0.4) is 0 Å². The van der Waals surface area contributed by atoms with Gasteiger partial charge in [0, 0.05) is 11.1 Å². The highest BCUT2D eigenvalue weighted by Crippen LogP contribution is 2.39. The van der Waals surface area contributed by atoms with Crippen LogP contribution in [0.25, 0.3) is 11.4 Å². The molecule has 0 radical (unpaired) electrons. The molecule has 1 atom stereocenters. The van der Waals surface area contributed by atoms with E-state index in [0.29, 0.717) is 17.0 Å². The van der Waals surface area contributed by atoms with Crippen molar-refractivity contribution in [2.75, 3.05) is 0 Å². The van der Waals surface area contributed by atoms with Gasteiger partial charge in [-0.1, -0.05) is 121 Å². The topological polar surface area (TPSA) is 80.9 Å². The van der Waals surface area contributed by atoms with Crippen molar-refractivity contribution in [3.8, 4) is 11.4 Å². The second-order valence-electron chi connectivity index (χ2n) is 8.63. The number of hydrogen-bond donors (Lipinski definition) is 1. The molecule has 5 aromatic rings. The maximum absolute atomic E-state index is 12.7. The average Bonchev–Trinajstić information content (AvgIpc) is 3.46. The lowest BCUT2D eigenvalue weighted by atomic mass is 9.77. The van der Waals surface area contributed by atoms with E-state index in [0.717, 1.165) is 16.7 Å². The highest BCUT2D eigenvalue weighted by atomic mass is 16.3. The molecule has 1 aromatic heterocycles. The number of ketones is 1. The summed E-state index contributed by atoms with van der Waals surface area (Å²) in [5.74, 6) is -0.0121. The molecule has 6 nitrogen and oxygen atoms in total. The first-order valence-corrected chi connectivity index (χ1v) is 12.1. The van der Waals surface area contributed by atoms with Crippen molar-refractivity contribution in [2.45, 2.75) is 18.6 Å². The summed E-state index contributed by atoms with van der Waals surface area (Å²) in [7, 11) is 0. The molecule has 0 amide bonds. The van der Waals surface area contributed by atoms with Gasteiger partial charge < -0.3 is 5.11 Å². The first kappa shape index (κ1) is 24.0. The Labute approximate surface area is 215 Å². The summed E-state index contributed by atoms with van der Waals surface area (Å²) in [5.41, 5.74) is 3.07. The molecule has 0 aliphatic carbocycles. The van der Waals surface area contributed by atoms with Gasteiger partial charge in [-0.05, 0) is 34.9 Å². The first-order valence-electron chi connectivity index (χ1n) is 12.1. The Balaban J connectivity index is 1.69. The number of nitrogens with zero attached hydrogens (tertiary/aromatic N) is 4. The number of aliphatic hydroxyl groups excluding tert-OH is 1. The van der Waals surface area contributed by atoms with E-state index in [1.165, 1.54) is 6.08 Å². The number of carbonyl (C=O) groups is 1.